The smallest absolute Gasteiger partial charge is 0.186 e. The van der Waals surface area contributed by atoms with Gasteiger partial charge in [-0.1, -0.05) is 0 Å². The minimum atomic E-state index is -0.877. The molecule has 1 aromatic heterocycles. The highest BCUT2D eigenvalue weighted by molar-refractivity contribution is 5.75. The zero-order chi connectivity index (χ0) is 11.1. The molecule has 0 saturated carbocycles. The number of aromatic amines is 1. The van der Waals surface area contributed by atoms with Gasteiger partial charge in [0.05, 0.1) is 11.6 Å². The molecule has 2 heterocycles. The van der Waals surface area contributed by atoms with E-state index in [0.717, 1.165) is 25.5 Å². The van der Waals surface area contributed by atoms with Crippen molar-refractivity contribution in [3.05, 3.63) is 29.6 Å². The van der Waals surface area contributed by atoms with Crippen molar-refractivity contribution in [1.29, 1.82) is 0 Å². The van der Waals surface area contributed by atoms with Crippen LogP contribution in [0.5, 0.6) is 0 Å². The molecule has 5 heteroatoms. The standard InChI is InChI=1S/C11H11F2N3/c12-6-3-4-7-10(9(6)13)16-11(15-7)8-2-1-5-14-8/h3-4,8,14H,1-2,5H2,(H,15,16)/t8-/m1/s1. The van der Waals surface area contributed by atoms with Crippen LogP contribution in [0.25, 0.3) is 11.0 Å². The molecule has 0 unspecified atom stereocenters. The second-order valence-electron chi connectivity index (χ2n) is 4.03. The van der Waals surface area contributed by atoms with Gasteiger partial charge in [0.15, 0.2) is 11.6 Å². The van der Waals surface area contributed by atoms with Gasteiger partial charge in [-0.2, -0.15) is 0 Å². The minimum absolute atomic E-state index is 0.0868. The van der Waals surface area contributed by atoms with Crippen molar-refractivity contribution in [2.75, 3.05) is 6.54 Å². The Balaban J connectivity index is 2.11. The monoisotopic (exact) mass is 223 g/mol. The SMILES string of the molecule is Fc1ccc2[nH]c([C@H]3CCCN3)nc2c1F. The number of rotatable bonds is 1. The number of H-pyrrole nitrogens is 1. The number of nitrogens with zero attached hydrogens (tertiary/aromatic N) is 1. The zero-order valence-corrected chi connectivity index (χ0v) is 8.56. The van der Waals surface area contributed by atoms with Gasteiger partial charge in [0, 0.05) is 0 Å². The van der Waals surface area contributed by atoms with E-state index in [9.17, 15) is 8.78 Å². The summed E-state index contributed by atoms with van der Waals surface area (Å²) in [6, 6.07) is 2.76. The zero-order valence-electron chi connectivity index (χ0n) is 8.56. The lowest BCUT2D eigenvalue weighted by molar-refractivity contribution is 0.515. The summed E-state index contributed by atoms with van der Waals surface area (Å²) in [4.78, 5) is 7.15. The number of benzene rings is 1. The highest BCUT2D eigenvalue weighted by atomic mass is 19.2. The summed E-state index contributed by atoms with van der Waals surface area (Å²) < 4.78 is 26.4. The number of aromatic nitrogens is 2. The van der Waals surface area contributed by atoms with E-state index in [1.165, 1.54) is 6.07 Å². The summed E-state index contributed by atoms with van der Waals surface area (Å²) in [7, 11) is 0. The summed E-state index contributed by atoms with van der Waals surface area (Å²) >= 11 is 0. The van der Waals surface area contributed by atoms with Crippen molar-refractivity contribution in [3.63, 3.8) is 0 Å². The number of hydrogen-bond donors (Lipinski definition) is 2. The Morgan fingerprint density at radius 1 is 1.31 bits per heavy atom. The molecule has 3 rings (SSSR count). The quantitative estimate of drug-likeness (QED) is 0.778. The molecule has 1 aliphatic heterocycles. The Hall–Kier alpha value is -1.49. The van der Waals surface area contributed by atoms with E-state index in [1.807, 2.05) is 0 Å². The normalized spacial score (nSPS) is 20.8. The molecule has 0 amide bonds. The first kappa shape index (κ1) is 9.72. The fourth-order valence-electron chi connectivity index (χ4n) is 2.12. The maximum atomic E-state index is 13.4. The average molecular weight is 223 g/mol. The molecular weight excluding hydrogens is 212 g/mol. The van der Waals surface area contributed by atoms with Crippen molar-refractivity contribution in [3.8, 4) is 0 Å². The molecule has 0 bridgehead atoms. The van der Waals surface area contributed by atoms with Gasteiger partial charge in [-0.05, 0) is 31.5 Å². The van der Waals surface area contributed by atoms with Crippen LogP contribution >= 0.6 is 0 Å². The van der Waals surface area contributed by atoms with E-state index in [0.29, 0.717) is 11.3 Å². The van der Waals surface area contributed by atoms with Gasteiger partial charge >= 0.3 is 0 Å². The third-order valence-corrected chi connectivity index (χ3v) is 2.95. The van der Waals surface area contributed by atoms with Crippen LogP contribution in [-0.4, -0.2) is 16.5 Å². The first-order chi connectivity index (χ1) is 7.75. The van der Waals surface area contributed by atoms with Crippen LogP contribution in [0.2, 0.25) is 0 Å². The lowest BCUT2D eigenvalue weighted by Crippen LogP contribution is -2.14. The first-order valence-corrected chi connectivity index (χ1v) is 5.33. The van der Waals surface area contributed by atoms with Crippen molar-refractivity contribution < 1.29 is 8.78 Å². The van der Waals surface area contributed by atoms with Crippen LogP contribution in [0.1, 0.15) is 24.7 Å². The second-order valence-corrected chi connectivity index (χ2v) is 4.03. The molecule has 1 saturated heterocycles. The fraction of sp³-hybridized carbons (Fsp3) is 0.364. The molecule has 16 heavy (non-hydrogen) atoms. The highest BCUT2D eigenvalue weighted by Gasteiger charge is 2.21. The lowest BCUT2D eigenvalue weighted by atomic mass is 10.2. The molecule has 1 fully saturated rings. The molecule has 3 nitrogen and oxygen atoms in total. The number of hydrogen-bond acceptors (Lipinski definition) is 2. The molecule has 1 aromatic carbocycles. The van der Waals surface area contributed by atoms with E-state index >= 15 is 0 Å². The van der Waals surface area contributed by atoms with Crippen LogP contribution in [0.3, 0.4) is 0 Å². The Morgan fingerprint density at radius 2 is 2.19 bits per heavy atom. The predicted octanol–water partition coefficient (Wildman–Crippen LogP) is 2.27. The molecule has 0 spiro atoms. The second kappa shape index (κ2) is 3.52. The van der Waals surface area contributed by atoms with Gasteiger partial charge in [0.25, 0.3) is 0 Å². The largest absolute Gasteiger partial charge is 0.341 e. The van der Waals surface area contributed by atoms with E-state index in [1.54, 1.807) is 0 Å². The maximum Gasteiger partial charge on any atom is 0.186 e. The van der Waals surface area contributed by atoms with Gasteiger partial charge in [0.1, 0.15) is 11.3 Å². The average Bonchev–Trinajstić information content (AvgIpc) is 2.91. The fourth-order valence-corrected chi connectivity index (χ4v) is 2.12. The Labute approximate surface area is 90.9 Å². The van der Waals surface area contributed by atoms with Gasteiger partial charge in [-0.3, -0.25) is 0 Å². The van der Waals surface area contributed by atoms with Crippen molar-refractivity contribution in [2.45, 2.75) is 18.9 Å². The van der Waals surface area contributed by atoms with Crippen molar-refractivity contribution in [2.24, 2.45) is 0 Å². The van der Waals surface area contributed by atoms with Gasteiger partial charge < -0.3 is 10.3 Å². The van der Waals surface area contributed by atoms with Gasteiger partial charge in [0.2, 0.25) is 0 Å². The Bertz CT molecular complexity index is 529. The van der Waals surface area contributed by atoms with Crippen LogP contribution in [-0.2, 0) is 0 Å². The van der Waals surface area contributed by atoms with Crippen LogP contribution in [0.15, 0.2) is 12.1 Å². The molecular formula is C11H11F2N3. The number of nitrogens with one attached hydrogen (secondary N) is 2. The molecule has 0 aliphatic carbocycles. The van der Waals surface area contributed by atoms with E-state index in [4.69, 9.17) is 0 Å². The predicted molar refractivity (Wildman–Crippen MR) is 56.0 cm³/mol. The van der Waals surface area contributed by atoms with Crippen molar-refractivity contribution in [1.82, 2.24) is 15.3 Å². The van der Waals surface area contributed by atoms with Crippen molar-refractivity contribution >= 4 is 11.0 Å². The van der Waals surface area contributed by atoms with E-state index < -0.39 is 11.6 Å². The van der Waals surface area contributed by atoms with Gasteiger partial charge in [-0.15, -0.1) is 0 Å². The molecule has 2 aromatic rings. The summed E-state index contributed by atoms with van der Waals surface area (Å²) in [6.45, 7) is 0.943. The Morgan fingerprint density at radius 3 is 2.94 bits per heavy atom. The maximum absolute atomic E-state index is 13.4. The Kier molecular flexibility index (Phi) is 2.14. The van der Waals surface area contributed by atoms with E-state index in [-0.39, 0.29) is 11.6 Å². The van der Waals surface area contributed by atoms with E-state index in [2.05, 4.69) is 15.3 Å². The van der Waals surface area contributed by atoms with Crippen LogP contribution in [0, 0.1) is 11.6 Å². The molecule has 2 N–H and O–H groups in total. The topological polar surface area (TPSA) is 40.7 Å². The molecule has 0 radical (unpaired) electrons. The highest BCUT2D eigenvalue weighted by Crippen LogP contribution is 2.25. The first-order valence-electron chi connectivity index (χ1n) is 5.33. The molecule has 1 aliphatic rings. The summed E-state index contributed by atoms with van der Waals surface area (Å²) in [5, 5.41) is 3.26. The van der Waals surface area contributed by atoms with Crippen LogP contribution in [0.4, 0.5) is 8.78 Å². The number of halogens is 2. The third kappa shape index (κ3) is 1.39. The summed E-state index contributed by atoms with van der Waals surface area (Å²) in [5.41, 5.74) is 0.631. The molecule has 1 atom stereocenters. The van der Waals surface area contributed by atoms with Crippen LogP contribution < -0.4 is 5.32 Å². The lowest BCUT2D eigenvalue weighted by Gasteiger charge is -2.04. The molecule has 84 valence electrons. The summed E-state index contributed by atoms with van der Waals surface area (Å²) in [6.07, 6.45) is 2.06. The number of fused-ring (bicyclic) bond motifs is 1. The minimum Gasteiger partial charge on any atom is -0.341 e. The van der Waals surface area contributed by atoms with Gasteiger partial charge in [-0.25, -0.2) is 13.8 Å². The number of imidazole rings is 1. The third-order valence-electron chi connectivity index (χ3n) is 2.95. The summed E-state index contributed by atoms with van der Waals surface area (Å²) in [5.74, 6) is -1.04.